The van der Waals surface area contributed by atoms with Crippen LogP contribution in [-0.4, -0.2) is 52.3 Å². The molecule has 0 radical (unpaired) electrons. The SMILES string of the molecule is Cc1cncc(C(=O)N2CCOCC(Cc3ccc4[nH]ncc4c3)C2)c1. The Morgan fingerprint density at radius 1 is 1.31 bits per heavy atom. The molecule has 6 heteroatoms. The summed E-state index contributed by atoms with van der Waals surface area (Å²) in [6, 6.07) is 8.21. The van der Waals surface area contributed by atoms with Gasteiger partial charge in [-0.05, 0) is 42.7 Å². The highest BCUT2D eigenvalue weighted by Gasteiger charge is 2.24. The third-order valence-corrected chi connectivity index (χ3v) is 4.78. The van der Waals surface area contributed by atoms with Gasteiger partial charge in [0.2, 0.25) is 0 Å². The number of ether oxygens (including phenoxy) is 1. The summed E-state index contributed by atoms with van der Waals surface area (Å²) in [4.78, 5) is 18.9. The number of amides is 1. The van der Waals surface area contributed by atoms with Crippen molar-refractivity contribution in [2.24, 2.45) is 5.92 Å². The van der Waals surface area contributed by atoms with Crippen LogP contribution in [0.5, 0.6) is 0 Å². The minimum absolute atomic E-state index is 0.0296. The van der Waals surface area contributed by atoms with Gasteiger partial charge in [-0.3, -0.25) is 14.9 Å². The number of fused-ring (bicyclic) bond motifs is 1. The zero-order valence-electron chi connectivity index (χ0n) is 14.8. The Hall–Kier alpha value is -2.73. The topological polar surface area (TPSA) is 71.1 Å². The number of H-pyrrole nitrogens is 1. The highest BCUT2D eigenvalue weighted by Crippen LogP contribution is 2.19. The first-order chi connectivity index (χ1) is 12.7. The molecular formula is C20H22N4O2. The molecule has 134 valence electrons. The number of hydrogen-bond donors (Lipinski definition) is 1. The van der Waals surface area contributed by atoms with E-state index in [1.54, 1.807) is 12.4 Å². The zero-order valence-corrected chi connectivity index (χ0v) is 14.8. The van der Waals surface area contributed by atoms with Gasteiger partial charge in [-0.2, -0.15) is 5.10 Å². The standard InChI is InChI=1S/C20H22N4O2/c1-14-6-18(10-21-9-14)20(25)24-4-5-26-13-16(12-24)7-15-2-3-19-17(8-15)11-22-23-19/h2-3,6,8-11,16H,4-5,7,12-13H2,1H3,(H,22,23). The fourth-order valence-electron chi connectivity index (χ4n) is 3.50. The summed E-state index contributed by atoms with van der Waals surface area (Å²) >= 11 is 0. The monoisotopic (exact) mass is 350 g/mol. The number of carbonyl (C=O) groups excluding carboxylic acids is 1. The Bertz CT molecular complexity index is 921. The maximum Gasteiger partial charge on any atom is 0.255 e. The van der Waals surface area contributed by atoms with Crippen molar-refractivity contribution in [1.82, 2.24) is 20.1 Å². The van der Waals surface area contributed by atoms with Gasteiger partial charge < -0.3 is 9.64 Å². The molecular weight excluding hydrogens is 328 g/mol. The van der Waals surface area contributed by atoms with Crippen molar-refractivity contribution in [1.29, 1.82) is 0 Å². The Balaban J connectivity index is 1.49. The molecule has 1 amide bonds. The summed E-state index contributed by atoms with van der Waals surface area (Å²) in [6.45, 7) is 4.49. The third kappa shape index (κ3) is 3.60. The molecule has 1 aliphatic rings. The Kier molecular flexibility index (Phi) is 4.67. The Labute approximate surface area is 152 Å². The van der Waals surface area contributed by atoms with E-state index >= 15 is 0 Å². The lowest BCUT2D eigenvalue weighted by Crippen LogP contribution is -2.36. The van der Waals surface area contributed by atoms with Crippen LogP contribution in [0.3, 0.4) is 0 Å². The first-order valence-electron chi connectivity index (χ1n) is 8.90. The molecule has 0 saturated carbocycles. The predicted octanol–water partition coefficient (Wildman–Crippen LogP) is 2.60. The fraction of sp³-hybridized carbons (Fsp3) is 0.350. The molecule has 1 aromatic carbocycles. The van der Waals surface area contributed by atoms with Crippen LogP contribution in [0.4, 0.5) is 0 Å². The average Bonchev–Trinajstić information content (AvgIpc) is 2.99. The lowest BCUT2D eigenvalue weighted by molar-refractivity contribution is 0.0737. The highest BCUT2D eigenvalue weighted by atomic mass is 16.5. The van der Waals surface area contributed by atoms with E-state index in [4.69, 9.17) is 4.74 Å². The minimum Gasteiger partial charge on any atom is -0.379 e. The highest BCUT2D eigenvalue weighted by molar-refractivity contribution is 5.94. The number of benzene rings is 1. The number of carbonyl (C=O) groups is 1. The summed E-state index contributed by atoms with van der Waals surface area (Å²) in [7, 11) is 0. The molecule has 1 saturated heterocycles. The first-order valence-corrected chi connectivity index (χ1v) is 8.90. The molecule has 1 unspecified atom stereocenters. The van der Waals surface area contributed by atoms with E-state index < -0.39 is 0 Å². The van der Waals surface area contributed by atoms with Crippen molar-refractivity contribution >= 4 is 16.8 Å². The Morgan fingerprint density at radius 3 is 3.12 bits per heavy atom. The number of aryl methyl sites for hydroxylation is 1. The van der Waals surface area contributed by atoms with Crippen LogP contribution in [0.15, 0.2) is 42.9 Å². The van der Waals surface area contributed by atoms with Gasteiger partial charge in [-0.25, -0.2) is 0 Å². The minimum atomic E-state index is 0.0296. The second-order valence-electron chi connectivity index (χ2n) is 6.94. The number of pyridine rings is 1. The summed E-state index contributed by atoms with van der Waals surface area (Å²) in [5, 5.41) is 8.15. The Morgan fingerprint density at radius 2 is 2.23 bits per heavy atom. The van der Waals surface area contributed by atoms with Crippen molar-refractivity contribution in [2.45, 2.75) is 13.3 Å². The van der Waals surface area contributed by atoms with Crippen LogP contribution >= 0.6 is 0 Å². The van der Waals surface area contributed by atoms with E-state index in [1.807, 2.05) is 24.1 Å². The second-order valence-corrected chi connectivity index (χ2v) is 6.94. The molecule has 1 N–H and O–H groups in total. The maximum atomic E-state index is 12.9. The molecule has 1 fully saturated rings. The molecule has 0 aliphatic carbocycles. The molecule has 6 nitrogen and oxygen atoms in total. The van der Waals surface area contributed by atoms with Crippen LogP contribution < -0.4 is 0 Å². The van der Waals surface area contributed by atoms with Crippen molar-refractivity contribution in [3.63, 3.8) is 0 Å². The first kappa shape index (κ1) is 16.7. The molecule has 4 rings (SSSR count). The number of aromatic nitrogens is 3. The summed E-state index contributed by atoms with van der Waals surface area (Å²) < 4.78 is 5.76. The largest absolute Gasteiger partial charge is 0.379 e. The lowest BCUT2D eigenvalue weighted by Gasteiger charge is -2.24. The van der Waals surface area contributed by atoms with E-state index in [0.717, 1.165) is 22.9 Å². The van der Waals surface area contributed by atoms with Gasteiger partial charge in [0.1, 0.15) is 0 Å². The van der Waals surface area contributed by atoms with Crippen molar-refractivity contribution in [3.8, 4) is 0 Å². The molecule has 0 spiro atoms. The normalized spacial score (nSPS) is 18.0. The molecule has 26 heavy (non-hydrogen) atoms. The van der Waals surface area contributed by atoms with Gasteiger partial charge in [0.05, 0.1) is 30.5 Å². The van der Waals surface area contributed by atoms with Gasteiger partial charge in [0, 0.05) is 36.8 Å². The third-order valence-electron chi connectivity index (χ3n) is 4.78. The van der Waals surface area contributed by atoms with Gasteiger partial charge in [0.15, 0.2) is 0 Å². The maximum absolute atomic E-state index is 12.9. The van der Waals surface area contributed by atoms with E-state index in [9.17, 15) is 4.79 Å². The molecule has 1 atom stereocenters. The van der Waals surface area contributed by atoms with E-state index in [2.05, 4.69) is 33.4 Å². The number of aromatic amines is 1. The van der Waals surface area contributed by atoms with Crippen LogP contribution in [0.1, 0.15) is 21.5 Å². The number of rotatable bonds is 3. The van der Waals surface area contributed by atoms with Crippen molar-refractivity contribution < 1.29 is 9.53 Å². The molecule has 3 aromatic rings. The van der Waals surface area contributed by atoms with Gasteiger partial charge in [-0.1, -0.05) is 6.07 Å². The van der Waals surface area contributed by atoms with Gasteiger partial charge in [-0.15, -0.1) is 0 Å². The number of nitrogens with one attached hydrogen (secondary N) is 1. The van der Waals surface area contributed by atoms with E-state index in [0.29, 0.717) is 31.9 Å². The van der Waals surface area contributed by atoms with Crippen LogP contribution in [0.2, 0.25) is 0 Å². The average molecular weight is 350 g/mol. The molecule has 3 heterocycles. The van der Waals surface area contributed by atoms with Crippen LogP contribution in [-0.2, 0) is 11.2 Å². The zero-order chi connectivity index (χ0) is 17.9. The predicted molar refractivity (Wildman–Crippen MR) is 99.0 cm³/mol. The second kappa shape index (κ2) is 7.25. The number of hydrogen-bond acceptors (Lipinski definition) is 4. The van der Waals surface area contributed by atoms with Crippen LogP contribution in [0.25, 0.3) is 10.9 Å². The van der Waals surface area contributed by atoms with Crippen LogP contribution in [0, 0.1) is 12.8 Å². The number of nitrogens with zero attached hydrogens (tertiary/aromatic N) is 3. The fourth-order valence-corrected chi connectivity index (χ4v) is 3.50. The van der Waals surface area contributed by atoms with E-state index in [-0.39, 0.29) is 11.8 Å². The lowest BCUT2D eigenvalue weighted by atomic mass is 9.98. The molecule has 0 bridgehead atoms. The summed E-state index contributed by atoms with van der Waals surface area (Å²) in [6.07, 6.45) is 6.11. The molecule has 1 aliphatic heterocycles. The van der Waals surface area contributed by atoms with Crippen molar-refractivity contribution in [3.05, 3.63) is 59.5 Å². The summed E-state index contributed by atoms with van der Waals surface area (Å²) in [5.74, 6) is 0.297. The smallest absolute Gasteiger partial charge is 0.255 e. The molecule has 2 aromatic heterocycles. The quantitative estimate of drug-likeness (QED) is 0.788. The van der Waals surface area contributed by atoms with Gasteiger partial charge >= 0.3 is 0 Å². The van der Waals surface area contributed by atoms with E-state index in [1.165, 1.54) is 5.56 Å². The summed E-state index contributed by atoms with van der Waals surface area (Å²) in [5.41, 5.74) is 3.91. The van der Waals surface area contributed by atoms with Crippen molar-refractivity contribution in [2.75, 3.05) is 26.3 Å². The van der Waals surface area contributed by atoms with Gasteiger partial charge in [0.25, 0.3) is 5.91 Å².